The molecule has 0 spiro atoms. The molecule has 2 N–H and O–H groups in total. The minimum absolute atomic E-state index is 0.0545. The van der Waals surface area contributed by atoms with Gasteiger partial charge in [0.2, 0.25) is 5.91 Å². The number of nitrogens with zero attached hydrogens (tertiary/aromatic N) is 1. The quantitative estimate of drug-likeness (QED) is 0.769. The number of carbonyl (C=O) groups is 1. The first-order valence-corrected chi connectivity index (χ1v) is 7.68. The van der Waals surface area contributed by atoms with Crippen molar-refractivity contribution in [2.24, 2.45) is 0 Å². The molecule has 0 aliphatic heterocycles. The maximum absolute atomic E-state index is 12.0. The van der Waals surface area contributed by atoms with Gasteiger partial charge in [0, 0.05) is 18.8 Å². The first-order chi connectivity index (χ1) is 10.1. The number of nitrogens with one attached hydrogen (secondary N) is 2. The lowest BCUT2D eigenvalue weighted by molar-refractivity contribution is -0.122. The second kappa shape index (κ2) is 7.27. The summed E-state index contributed by atoms with van der Waals surface area (Å²) < 4.78 is 2.04. The number of benzene rings is 1. The van der Waals surface area contributed by atoms with E-state index in [4.69, 9.17) is 0 Å². The van der Waals surface area contributed by atoms with E-state index in [1.165, 1.54) is 10.9 Å². The van der Waals surface area contributed by atoms with E-state index in [1.54, 1.807) is 0 Å². The van der Waals surface area contributed by atoms with Gasteiger partial charge in [0.15, 0.2) is 0 Å². The second-order valence-corrected chi connectivity index (χ2v) is 5.70. The number of aromatic nitrogens is 1. The summed E-state index contributed by atoms with van der Waals surface area (Å²) in [4.78, 5) is 12.0. The molecule has 2 aromatic rings. The zero-order chi connectivity index (χ0) is 15.2. The van der Waals surface area contributed by atoms with E-state index < -0.39 is 0 Å². The fraction of sp³-hybridized carbons (Fsp3) is 0.471. The summed E-state index contributed by atoms with van der Waals surface area (Å²) in [5, 5.41) is 7.56. The summed E-state index contributed by atoms with van der Waals surface area (Å²) in [6, 6.07) is 8.53. The number of rotatable bonds is 7. The highest BCUT2D eigenvalue weighted by Gasteiger charge is 2.10. The first kappa shape index (κ1) is 15.6. The van der Waals surface area contributed by atoms with E-state index in [9.17, 15) is 4.79 Å². The van der Waals surface area contributed by atoms with Crippen LogP contribution in [0.15, 0.2) is 30.5 Å². The highest BCUT2D eigenvalue weighted by Crippen LogP contribution is 2.20. The van der Waals surface area contributed by atoms with E-state index in [2.05, 4.69) is 41.8 Å². The van der Waals surface area contributed by atoms with Crippen molar-refractivity contribution < 1.29 is 4.79 Å². The molecule has 0 bridgehead atoms. The van der Waals surface area contributed by atoms with Crippen LogP contribution in [0.4, 0.5) is 0 Å². The lowest BCUT2D eigenvalue weighted by atomic mass is 10.1. The van der Waals surface area contributed by atoms with Crippen LogP contribution in [0.3, 0.4) is 0 Å². The van der Waals surface area contributed by atoms with Crippen LogP contribution < -0.4 is 10.6 Å². The van der Waals surface area contributed by atoms with Gasteiger partial charge >= 0.3 is 0 Å². The van der Waals surface area contributed by atoms with Gasteiger partial charge in [0.25, 0.3) is 0 Å². The fourth-order valence-corrected chi connectivity index (χ4v) is 2.54. The van der Waals surface area contributed by atoms with Gasteiger partial charge < -0.3 is 15.2 Å². The molecule has 0 saturated heterocycles. The summed E-state index contributed by atoms with van der Waals surface area (Å²) >= 11 is 0. The zero-order valence-electron chi connectivity index (χ0n) is 13.1. The Balaban J connectivity index is 2.21. The third-order valence-electron chi connectivity index (χ3n) is 3.38. The highest BCUT2D eigenvalue weighted by atomic mass is 16.2. The van der Waals surface area contributed by atoms with Gasteiger partial charge in [0.1, 0.15) is 6.54 Å². The Hall–Kier alpha value is -1.81. The van der Waals surface area contributed by atoms with Crippen LogP contribution in [0, 0.1) is 0 Å². The molecular weight excluding hydrogens is 262 g/mol. The number of amides is 1. The van der Waals surface area contributed by atoms with E-state index in [0.29, 0.717) is 6.54 Å². The Morgan fingerprint density at radius 1 is 1.29 bits per heavy atom. The molecular formula is C17H25N3O. The van der Waals surface area contributed by atoms with Crippen molar-refractivity contribution in [1.82, 2.24) is 15.2 Å². The topological polar surface area (TPSA) is 46.1 Å². The van der Waals surface area contributed by atoms with Crippen LogP contribution in [0.25, 0.3) is 10.9 Å². The second-order valence-electron chi connectivity index (χ2n) is 5.70. The average molecular weight is 287 g/mol. The molecule has 0 unspecified atom stereocenters. The van der Waals surface area contributed by atoms with Crippen molar-refractivity contribution in [3.05, 3.63) is 36.0 Å². The van der Waals surface area contributed by atoms with Gasteiger partial charge in [-0.25, -0.2) is 0 Å². The normalized spacial score (nSPS) is 11.2. The van der Waals surface area contributed by atoms with Gasteiger partial charge in [-0.15, -0.1) is 0 Å². The summed E-state index contributed by atoms with van der Waals surface area (Å²) in [6.45, 7) is 8.32. The minimum atomic E-state index is 0.0545. The molecule has 0 saturated carbocycles. The Morgan fingerprint density at radius 3 is 2.81 bits per heavy atom. The van der Waals surface area contributed by atoms with Crippen molar-refractivity contribution in [2.45, 2.75) is 46.3 Å². The Labute approximate surface area is 126 Å². The van der Waals surface area contributed by atoms with E-state index in [-0.39, 0.29) is 11.9 Å². The van der Waals surface area contributed by atoms with E-state index >= 15 is 0 Å². The standard InChI is InChI=1S/C17H25N3O/c1-4-9-18-11-15-7-5-6-14-8-10-20(17(14)15)12-16(21)19-13(2)3/h5-8,10,13,18H,4,9,11-12H2,1-3H3,(H,19,21). The van der Waals surface area contributed by atoms with E-state index in [0.717, 1.165) is 25.0 Å². The van der Waals surface area contributed by atoms with Gasteiger partial charge in [-0.3, -0.25) is 4.79 Å². The van der Waals surface area contributed by atoms with Crippen molar-refractivity contribution in [3.8, 4) is 0 Å². The largest absolute Gasteiger partial charge is 0.352 e. The summed E-state index contributed by atoms with van der Waals surface area (Å²) in [6.07, 6.45) is 3.11. The monoisotopic (exact) mass is 287 g/mol. The SMILES string of the molecule is CCCNCc1cccc2ccn(CC(=O)NC(C)C)c12. The van der Waals surface area contributed by atoms with E-state index in [1.807, 2.05) is 24.6 Å². The van der Waals surface area contributed by atoms with Crippen LogP contribution in [0.5, 0.6) is 0 Å². The summed E-state index contributed by atoms with van der Waals surface area (Å²) in [5.74, 6) is 0.0545. The molecule has 4 nitrogen and oxygen atoms in total. The maximum atomic E-state index is 12.0. The minimum Gasteiger partial charge on any atom is -0.352 e. The number of hydrogen-bond donors (Lipinski definition) is 2. The van der Waals surface area contributed by atoms with Crippen LogP contribution >= 0.6 is 0 Å². The Kier molecular flexibility index (Phi) is 5.39. The van der Waals surface area contributed by atoms with Gasteiger partial charge in [-0.2, -0.15) is 0 Å². The smallest absolute Gasteiger partial charge is 0.240 e. The molecule has 4 heteroatoms. The number of fused-ring (bicyclic) bond motifs is 1. The predicted molar refractivity (Wildman–Crippen MR) is 87.2 cm³/mol. The number of para-hydroxylation sites is 1. The predicted octanol–water partition coefficient (Wildman–Crippen LogP) is 2.67. The van der Waals surface area contributed by atoms with Crippen molar-refractivity contribution in [2.75, 3.05) is 6.54 Å². The summed E-state index contributed by atoms with van der Waals surface area (Å²) in [7, 11) is 0. The molecule has 0 atom stereocenters. The third kappa shape index (κ3) is 4.08. The lowest BCUT2D eigenvalue weighted by Gasteiger charge is -2.12. The molecule has 0 fully saturated rings. The molecule has 21 heavy (non-hydrogen) atoms. The number of hydrogen-bond acceptors (Lipinski definition) is 2. The van der Waals surface area contributed by atoms with Crippen LogP contribution in [0.2, 0.25) is 0 Å². The first-order valence-electron chi connectivity index (χ1n) is 7.68. The molecule has 1 aromatic carbocycles. The molecule has 0 aliphatic rings. The maximum Gasteiger partial charge on any atom is 0.240 e. The Morgan fingerprint density at radius 2 is 2.10 bits per heavy atom. The molecule has 114 valence electrons. The van der Waals surface area contributed by atoms with Crippen molar-refractivity contribution in [1.29, 1.82) is 0 Å². The molecule has 2 rings (SSSR count). The third-order valence-corrected chi connectivity index (χ3v) is 3.38. The molecule has 1 aromatic heterocycles. The van der Waals surface area contributed by atoms with Crippen LogP contribution in [-0.2, 0) is 17.9 Å². The van der Waals surface area contributed by atoms with Crippen molar-refractivity contribution in [3.63, 3.8) is 0 Å². The molecule has 0 radical (unpaired) electrons. The van der Waals surface area contributed by atoms with Crippen LogP contribution in [-0.4, -0.2) is 23.1 Å². The number of carbonyl (C=O) groups excluding carboxylic acids is 1. The zero-order valence-corrected chi connectivity index (χ0v) is 13.1. The molecule has 1 heterocycles. The lowest BCUT2D eigenvalue weighted by Crippen LogP contribution is -2.33. The summed E-state index contributed by atoms with van der Waals surface area (Å²) in [5.41, 5.74) is 2.39. The van der Waals surface area contributed by atoms with Gasteiger partial charge in [-0.05, 0) is 43.8 Å². The molecule has 1 amide bonds. The van der Waals surface area contributed by atoms with Crippen molar-refractivity contribution >= 4 is 16.8 Å². The highest BCUT2D eigenvalue weighted by molar-refractivity contribution is 5.85. The molecule has 0 aliphatic carbocycles. The fourth-order valence-electron chi connectivity index (χ4n) is 2.54. The van der Waals surface area contributed by atoms with Gasteiger partial charge in [0.05, 0.1) is 5.52 Å². The van der Waals surface area contributed by atoms with Crippen LogP contribution in [0.1, 0.15) is 32.8 Å². The Bertz CT molecular complexity index is 601. The van der Waals surface area contributed by atoms with Gasteiger partial charge in [-0.1, -0.05) is 25.1 Å². The average Bonchev–Trinajstić information content (AvgIpc) is 2.82.